The largest absolute Gasteiger partial charge is 0.497 e. The van der Waals surface area contributed by atoms with E-state index >= 15 is 0 Å². The van der Waals surface area contributed by atoms with E-state index < -0.39 is 9.84 Å². The summed E-state index contributed by atoms with van der Waals surface area (Å²) in [6.45, 7) is 6.29. The molecule has 2 heterocycles. The molecule has 4 rings (SSSR count). The van der Waals surface area contributed by atoms with Gasteiger partial charge in [-0.05, 0) is 43.3 Å². The molecule has 3 aromatic rings. The zero-order valence-electron chi connectivity index (χ0n) is 18.2. The first-order chi connectivity index (χ1) is 15.5. The quantitative estimate of drug-likeness (QED) is 0.551. The Balaban J connectivity index is 1.64. The van der Waals surface area contributed by atoms with Gasteiger partial charge in [-0.25, -0.2) is 8.42 Å². The van der Waals surface area contributed by atoms with Gasteiger partial charge < -0.3 is 19.2 Å². The number of morpholine rings is 1. The number of ether oxygens (including phenoxy) is 2. The molecule has 0 spiro atoms. The average molecular weight is 458 g/mol. The first kappa shape index (κ1) is 22.3. The molecule has 2 aromatic carbocycles. The Morgan fingerprint density at radius 2 is 1.75 bits per heavy atom. The van der Waals surface area contributed by atoms with Gasteiger partial charge in [0.2, 0.25) is 26.6 Å². The van der Waals surface area contributed by atoms with E-state index in [1.165, 1.54) is 0 Å². The van der Waals surface area contributed by atoms with Crippen molar-refractivity contribution in [3.8, 4) is 17.2 Å². The van der Waals surface area contributed by atoms with Gasteiger partial charge in [0.25, 0.3) is 0 Å². The minimum Gasteiger partial charge on any atom is -0.497 e. The van der Waals surface area contributed by atoms with E-state index in [1.807, 2.05) is 6.92 Å². The number of aromatic nitrogens is 1. The number of nitrogens with one attached hydrogen (secondary N) is 1. The molecule has 170 valence electrons. The lowest BCUT2D eigenvalue weighted by atomic mass is 10.2. The van der Waals surface area contributed by atoms with E-state index in [4.69, 9.17) is 13.9 Å². The fraction of sp³-hybridized carbons (Fsp3) is 0.348. The van der Waals surface area contributed by atoms with Gasteiger partial charge in [-0.1, -0.05) is 17.7 Å². The van der Waals surface area contributed by atoms with Crippen LogP contribution < -0.4 is 10.1 Å². The van der Waals surface area contributed by atoms with Gasteiger partial charge in [-0.15, -0.1) is 0 Å². The predicted molar refractivity (Wildman–Crippen MR) is 121 cm³/mol. The molecule has 1 N–H and O–H groups in total. The number of aryl methyl sites for hydroxylation is 1. The molecular formula is C23H27N3O5S. The number of rotatable bonds is 8. The van der Waals surface area contributed by atoms with Crippen LogP contribution in [-0.4, -0.2) is 64.8 Å². The summed E-state index contributed by atoms with van der Waals surface area (Å²) >= 11 is 0. The van der Waals surface area contributed by atoms with E-state index in [2.05, 4.69) is 15.2 Å². The van der Waals surface area contributed by atoms with Crippen molar-refractivity contribution in [1.82, 2.24) is 9.88 Å². The molecule has 1 aliphatic rings. The zero-order valence-corrected chi connectivity index (χ0v) is 19.0. The Labute approximate surface area is 188 Å². The van der Waals surface area contributed by atoms with E-state index in [-0.39, 0.29) is 21.7 Å². The van der Waals surface area contributed by atoms with E-state index in [9.17, 15) is 8.42 Å². The van der Waals surface area contributed by atoms with Crippen LogP contribution >= 0.6 is 0 Å². The number of benzene rings is 2. The highest BCUT2D eigenvalue weighted by Gasteiger charge is 2.28. The molecule has 1 aliphatic heterocycles. The van der Waals surface area contributed by atoms with Crippen LogP contribution in [0.1, 0.15) is 5.56 Å². The maximum atomic E-state index is 13.4. The van der Waals surface area contributed by atoms with Gasteiger partial charge in [0.05, 0.1) is 25.2 Å². The van der Waals surface area contributed by atoms with Crippen molar-refractivity contribution in [3.05, 3.63) is 54.1 Å². The Bertz CT molecular complexity index is 1140. The first-order valence-corrected chi connectivity index (χ1v) is 12.0. The molecule has 0 unspecified atom stereocenters. The molecule has 0 saturated carbocycles. The van der Waals surface area contributed by atoms with Crippen molar-refractivity contribution >= 4 is 15.7 Å². The van der Waals surface area contributed by atoms with Gasteiger partial charge in [0.1, 0.15) is 5.75 Å². The van der Waals surface area contributed by atoms with Crippen LogP contribution in [0.2, 0.25) is 0 Å². The Morgan fingerprint density at radius 1 is 1.06 bits per heavy atom. The smallest absolute Gasteiger partial charge is 0.233 e. The third-order valence-electron chi connectivity index (χ3n) is 5.34. The van der Waals surface area contributed by atoms with E-state index in [0.717, 1.165) is 25.2 Å². The summed E-state index contributed by atoms with van der Waals surface area (Å²) in [5.41, 5.74) is 1.64. The maximum Gasteiger partial charge on any atom is 0.233 e. The van der Waals surface area contributed by atoms with Crippen molar-refractivity contribution < 1.29 is 22.3 Å². The molecular weight excluding hydrogens is 430 g/mol. The second kappa shape index (κ2) is 9.72. The van der Waals surface area contributed by atoms with Crippen molar-refractivity contribution in [3.63, 3.8) is 0 Å². The Kier molecular flexibility index (Phi) is 6.78. The number of sulfone groups is 1. The Morgan fingerprint density at radius 3 is 2.41 bits per heavy atom. The normalized spacial score (nSPS) is 14.9. The molecule has 1 aromatic heterocycles. The second-order valence-electron chi connectivity index (χ2n) is 7.58. The molecule has 0 aliphatic carbocycles. The van der Waals surface area contributed by atoms with Gasteiger partial charge in [0.15, 0.2) is 0 Å². The summed E-state index contributed by atoms with van der Waals surface area (Å²) in [5, 5.41) is 3.03. The SMILES string of the molecule is COc1ccc(-c2nc(S(=O)(=O)c3ccc(C)cc3)c(NCCN3CCOCC3)o2)cc1. The van der Waals surface area contributed by atoms with E-state index in [1.54, 1.807) is 55.6 Å². The monoisotopic (exact) mass is 457 g/mol. The molecule has 0 bridgehead atoms. The maximum absolute atomic E-state index is 13.4. The minimum atomic E-state index is -3.87. The number of hydrogen-bond donors (Lipinski definition) is 1. The summed E-state index contributed by atoms with van der Waals surface area (Å²) in [4.78, 5) is 6.81. The molecule has 8 nitrogen and oxygen atoms in total. The third kappa shape index (κ3) is 4.95. The molecule has 32 heavy (non-hydrogen) atoms. The van der Waals surface area contributed by atoms with Gasteiger partial charge in [-0.2, -0.15) is 4.98 Å². The summed E-state index contributed by atoms with van der Waals surface area (Å²) < 4.78 is 43.2. The van der Waals surface area contributed by atoms with Crippen LogP contribution in [-0.2, 0) is 14.6 Å². The standard InChI is InChI=1S/C23H27N3O5S/c1-17-3-9-20(10-4-17)32(27,28)23-22(24-11-12-26-13-15-30-16-14-26)31-21(25-23)18-5-7-19(29-2)8-6-18/h3-10,24H,11-16H2,1-2H3. The molecule has 0 amide bonds. The average Bonchev–Trinajstić information content (AvgIpc) is 3.25. The molecule has 1 fully saturated rings. The van der Waals surface area contributed by atoms with Crippen LogP contribution in [0.5, 0.6) is 5.75 Å². The lowest BCUT2D eigenvalue weighted by Gasteiger charge is -2.26. The van der Waals surface area contributed by atoms with Crippen molar-refractivity contribution in [2.75, 3.05) is 51.8 Å². The number of hydrogen-bond acceptors (Lipinski definition) is 8. The fourth-order valence-electron chi connectivity index (χ4n) is 3.44. The molecule has 0 radical (unpaired) electrons. The van der Waals surface area contributed by atoms with Gasteiger partial charge >= 0.3 is 0 Å². The molecule has 1 saturated heterocycles. The lowest BCUT2D eigenvalue weighted by molar-refractivity contribution is 0.0398. The van der Waals surface area contributed by atoms with Crippen molar-refractivity contribution in [2.45, 2.75) is 16.8 Å². The van der Waals surface area contributed by atoms with Crippen LogP contribution in [0.4, 0.5) is 5.88 Å². The van der Waals surface area contributed by atoms with Crippen molar-refractivity contribution in [1.29, 1.82) is 0 Å². The number of oxazole rings is 1. The van der Waals surface area contributed by atoms with E-state index in [0.29, 0.717) is 31.1 Å². The summed E-state index contributed by atoms with van der Waals surface area (Å²) in [6, 6.07) is 13.8. The topological polar surface area (TPSA) is 93.9 Å². The van der Waals surface area contributed by atoms with Gasteiger partial charge in [0, 0.05) is 31.7 Å². The summed E-state index contributed by atoms with van der Waals surface area (Å²) in [7, 11) is -2.28. The zero-order chi connectivity index (χ0) is 22.6. The first-order valence-electron chi connectivity index (χ1n) is 10.5. The fourth-order valence-corrected chi connectivity index (χ4v) is 4.72. The molecule has 0 atom stereocenters. The summed E-state index contributed by atoms with van der Waals surface area (Å²) in [6.07, 6.45) is 0. The highest BCUT2D eigenvalue weighted by atomic mass is 32.2. The van der Waals surface area contributed by atoms with Crippen molar-refractivity contribution in [2.24, 2.45) is 0 Å². The lowest BCUT2D eigenvalue weighted by Crippen LogP contribution is -2.39. The van der Waals surface area contributed by atoms with Gasteiger partial charge in [-0.3, -0.25) is 4.90 Å². The van der Waals surface area contributed by atoms with Crippen LogP contribution in [0.3, 0.4) is 0 Å². The highest BCUT2D eigenvalue weighted by Crippen LogP contribution is 2.33. The van der Waals surface area contributed by atoms with Crippen LogP contribution in [0.15, 0.2) is 62.9 Å². The predicted octanol–water partition coefficient (Wildman–Crippen LogP) is 3.24. The number of nitrogens with zero attached hydrogens (tertiary/aromatic N) is 2. The number of methoxy groups -OCH3 is 1. The Hall–Kier alpha value is -2.88. The minimum absolute atomic E-state index is 0.117. The third-order valence-corrected chi connectivity index (χ3v) is 7.01. The van der Waals surface area contributed by atoms with Crippen LogP contribution in [0, 0.1) is 6.92 Å². The second-order valence-corrected chi connectivity index (χ2v) is 9.44. The molecule has 9 heteroatoms. The summed E-state index contributed by atoms with van der Waals surface area (Å²) in [5.74, 6) is 1.06. The highest BCUT2D eigenvalue weighted by molar-refractivity contribution is 7.91. The number of anilines is 1. The van der Waals surface area contributed by atoms with Crippen LogP contribution in [0.25, 0.3) is 11.5 Å².